The molecule has 2 atom stereocenters. The molecule has 0 fully saturated rings. The third-order valence-electron chi connectivity index (χ3n) is 2.18. The Morgan fingerprint density at radius 2 is 1.90 bits per heavy atom. The summed E-state index contributed by atoms with van der Waals surface area (Å²) in [6.45, 7) is 6.55. The Kier molecular flexibility index (Phi) is 5.27. The molecule has 0 amide bonds. The van der Waals surface area contributed by atoms with E-state index in [4.69, 9.17) is 0 Å². The van der Waals surface area contributed by atoms with Crippen LogP contribution in [0.5, 0.6) is 0 Å². The molecule has 1 heteroatoms. The van der Waals surface area contributed by atoms with Gasteiger partial charge in [-0.15, -0.1) is 0 Å². The van der Waals surface area contributed by atoms with Gasteiger partial charge in [0.2, 0.25) is 0 Å². The lowest BCUT2D eigenvalue weighted by Crippen LogP contribution is -2.07. The molecule has 0 aliphatic rings. The van der Waals surface area contributed by atoms with Gasteiger partial charge in [-0.1, -0.05) is 33.6 Å². The minimum absolute atomic E-state index is 0.567. The topological polar surface area (TPSA) is 17.1 Å². The third-order valence-corrected chi connectivity index (χ3v) is 2.18. The van der Waals surface area contributed by atoms with Crippen LogP contribution in [0.2, 0.25) is 0 Å². The van der Waals surface area contributed by atoms with Gasteiger partial charge in [-0.2, -0.15) is 0 Å². The molecule has 2 unspecified atom stereocenters. The molecule has 10 heavy (non-hydrogen) atoms. The zero-order valence-corrected chi connectivity index (χ0v) is 7.26. The molecule has 0 radical (unpaired) electrons. The Morgan fingerprint density at radius 1 is 1.30 bits per heavy atom. The van der Waals surface area contributed by atoms with Crippen LogP contribution in [-0.2, 0) is 4.79 Å². The SMILES string of the molecule is CCCC(C)C(C)CC=O. The molecule has 0 saturated heterocycles. The maximum Gasteiger partial charge on any atom is 0.120 e. The first-order valence-electron chi connectivity index (χ1n) is 4.16. The van der Waals surface area contributed by atoms with Crippen molar-refractivity contribution >= 4 is 6.29 Å². The second kappa shape index (κ2) is 5.45. The molecule has 60 valence electrons. The third kappa shape index (κ3) is 3.65. The number of aldehydes is 1. The zero-order chi connectivity index (χ0) is 7.98. The van der Waals surface area contributed by atoms with Crippen molar-refractivity contribution in [3.05, 3.63) is 0 Å². The van der Waals surface area contributed by atoms with E-state index in [1.807, 2.05) is 0 Å². The lowest BCUT2D eigenvalue weighted by molar-refractivity contribution is -0.108. The minimum atomic E-state index is 0.567. The molecule has 0 aliphatic carbocycles. The molecule has 0 N–H and O–H groups in total. The average molecular weight is 142 g/mol. The molecule has 0 saturated carbocycles. The molecule has 0 rings (SSSR count). The molecule has 1 nitrogen and oxygen atoms in total. The summed E-state index contributed by atoms with van der Waals surface area (Å²) in [7, 11) is 0. The fraction of sp³-hybridized carbons (Fsp3) is 0.889. The number of carbonyl (C=O) groups is 1. The van der Waals surface area contributed by atoms with Gasteiger partial charge in [-0.25, -0.2) is 0 Å². The van der Waals surface area contributed by atoms with Gasteiger partial charge in [0.25, 0.3) is 0 Å². The van der Waals surface area contributed by atoms with Crippen LogP contribution in [0.1, 0.15) is 40.0 Å². The van der Waals surface area contributed by atoms with Crippen LogP contribution in [0.4, 0.5) is 0 Å². The normalized spacial score (nSPS) is 16.3. The summed E-state index contributed by atoms with van der Waals surface area (Å²) in [4.78, 5) is 10.1. The maximum absolute atomic E-state index is 10.1. The number of hydrogen-bond donors (Lipinski definition) is 0. The highest BCUT2D eigenvalue weighted by Gasteiger charge is 2.09. The predicted molar refractivity (Wildman–Crippen MR) is 43.9 cm³/mol. The van der Waals surface area contributed by atoms with Gasteiger partial charge in [0.05, 0.1) is 0 Å². The van der Waals surface area contributed by atoms with E-state index in [1.54, 1.807) is 0 Å². The largest absolute Gasteiger partial charge is 0.303 e. The minimum Gasteiger partial charge on any atom is -0.303 e. The summed E-state index contributed by atoms with van der Waals surface area (Å²) in [6, 6.07) is 0. The van der Waals surface area contributed by atoms with Gasteiger partial charge < -0.3 is 4.79 Å². The van der Waals surface area contributed by atoms with E-state index in [0.717, 1.165) is 12.7 Å². The predicted octanol–water partition coefficient (Wildman–Crippen LogP) is 2.65. The smallest absolute Gasteiger partial charge is 0.120 e. The molecule has 0 spiro atoms. The van der Waals surface area contributed by atoms with E-state index in [-0.39, 0.29) is 0 Å². The Bertz CT molecular complexity index is 88.7. The highest BCUT2D eigenvalue weighted by Crippen LogP contribution is 2.18. The van der Waals surface area contributed by atoms with Gasteiger partial charge in [-0.05, 0) is 11.8 Å². The Balaban J connectivity index is 3.47. The first kappa shape index (κ1) is 9.67. The van der Waals surface area contributed by atoms with Crippen molar-refractivity contribution in [1.29, 1.82) is 0 Å². The number of hydrogen-bond acceptors (Lipinski definition) is 1. The van der Waals surface area contributed by atoms with E-state index in [1.165, 1.54) is 12.8 Å². The summed E-state index contributed by atoms with van der Waals surface area (Å²) in [6.07, 6.45) is 4.22. The van der Waals surface area contributed by atoms with Crippen molar-refractivity contribution in [3.8, 4) is 0 Å². The van der Waals surface area contributed by atoms with E-state index in [0.29, 0.717) is 11.8 Å². The van der Waals surface area contributed by atoms with Crippen molar-refractivity contribution in [3.63, 3.8) is 0 Å². The van der Waals surface area contributed by atoms with Crippen molar-refractivity contribution in [1.82, 2.24) is 0 Å². The molecule has 0 aromatic carbocycles. The molecule has 0 aromatic heterocycles. The Morgan fingerprint density at radius 3 is 2.30 bits per heavy atom. The summed E-state index contributed by atoms with van der Waals surface area (Å²) >= 11 is 0. The first-order chi connectivity index (χ1) is 4.72. The highest BCUT2D eigenvalue weighted by molar-refractivity contribution is 5.49. The van der Waals surface area contributed by atoms with Crippen LogP contribution < -0.4 is 0 Å². The van der Waals surface area contributed by atoms with E-state index in [2.05, 4.69) is 20.8 Å². The Hall–Kier alpha value is -0.330. The lowest BCUT2D eigenvalue weighted by atomic mass is 9.90. The van der Waals surface area contributed by atoms with Crippen molar-refractivity contribution < 1.29 is 4.79 Å². The summed E-state index contributed by atoms with van der Waals surface area (Å²) in [5, 5.41) is 0. The van der Waals surface area contributed by atoms with E-state index in [9.17, 15) is 4.79 Å². The zero-order valence-electron chi connectivity index (χ0n) is 7.26. The monoisotopic (exact) mass is 142 g/mol. The van der Waals surface area contributed by atoms with Crippen LogP contribution in [0.3, 0.4) is 0 Å². The fourth-order valence-corrected chi connectivity index (χ4v) is 1.12. The number of rotatable bonds is 5. The molecular weight excluding hydrogens is 124 g/mol. The van der Waals surface area contributed by atoms with Crippen molar-refractivity contribution in [2.75, 3.05) is 0 Å². The summed E-state index contributed by atoms with van der Waals surface area (Å²) in [5.74, 6) is 1.27. The second-order valence-electron chi connectivity index (χ2n) is 3.15. The lowest BCUT2D eigenvalue weighted by Gasteiger charge is -2.15. The summed E-state index contributed by atoms with van der Waals surface area (Å²) < 4.78 is 0. The van der Waals surface area contributed by atoms with Crippen LogP contribution in [0.25, 0.3) is 0 Å². The molecule has 0 aromatic rings. The van der Waals surface area contributed by atoms with Crippen molar-refractivity contribution in [2.24, 2.45) is 11.8 Å². The van der Waals surface area contributed by atoms with Gasteiger partial charge in [0.1, 0.15) is 6.29 Å². The van der Waals surface area contributed by atoms with Crippen LogP contribution >= 0.6 is 0 Å². The maximum atomic E-state index is 10.1. The first-order valence-corrected chi connectivity index (χ1v) is 4.16. The second-order valence-corrected chi connectivity index (χ2v) is 3.15. The van der Waals surface area contributed by atoms with Crippen LogP contribution in [0, 0.1) is 11.8 Å². The van der Waals surface area contributed by atoms with Gasteiger partial charge >= 0.3 is 0 Å². The molecule has 0 bridgehead atoms. The van der Waals surface area contributed by atoms with Gasteiger partial charge in [0.15, 0.2) is 0 Å². The quantitative estimate of drug-likeness (QED) is 0.539. The highest BCUT2D eigenvalue weighted by atomic mass is 16.1. The van der Waals surface area contributed by atoms with E-state index < -0.39 is 0 Å². The fourth-order valence-electron chi connectivity index (χ4n) is 1.12. The van der Waals surface area contributed by atoms with Gasteiger partial charge in [-0.3, -0.25) is 0 Å². The summed E-state index contributed by atoms with van der Waals surface area (Å²) in [5.41, 5.74) is 0. The standard InChI is InChI=1S/C9H18O/c1-4-5-8(2)9(3)6-7-10/h7-9H,4-6H2,1-3H3. The number of carbonyl (C=O) groups excluding carboxylic acids is 1. The van der Waals surface area contributed by atoms with E-state index >= 15 is 0 Å². The molecule has 0 heterocycles. The average Bonchev–Trinajstić information content (AvgIpc) is 1.89. The van der Waals surface area contributed by atoms with Crippen LogP contribution in [0.15, 0.2) is 0 Å². The Labute approximate surface area is 63.8 Å². The molecule has 0 aliphatic heterocycles. The van der Waals surface area contributed by atoms with Crippen LogP contribution in [-0.4, -0.2) is 6.29 Å². The van der Waals surface area contributed by atoms with Crippen molar-refractivity contribution in [2.45, 2.75) is 40.0 Å². The molecular formula is C9H18O. The van der Waals surface area contributed by atoms with Gasteiger partial charge in [0, 0.05) is 6.42 Å².